The molecular weight excluding hydrogens is 326 g/mol. The minimum absolute atomic E-state index is 0.0866. The third-order valence-corrected chi connectivity index (χ3v) is 3.62. The molecule has 2 aromatic rings. The molecule has 0 saturated carbocycles. The Kier molecular flexibility index (Phi) is 6.07. The standard InChI is InChI=1S/C16H21N5O4/c1-11-4-6-12(7-5-11)10-21-14(19-17-2)18-15(23)20(16(21)24)9-8-13(22)25-3/h4-7,17H,8-10H2,1-3H3,(H,18,19,23). The number of hydrazine groups is 1. The second kappa shape index (κ2) is 8.25. The highest BCUT2D eigenvalue weighted by Crippen LogP contribution is 2.06. The highest BCUT2D eigenvalue weighted by Gasteiger charge is 2.14. The predicted octanol–water partition coefficient (Wildman–Crippen LogP) is -0.129. The molecule has 134 valence electrons. The van der Waals surface area contributed by atoms with Crippen LogP contribution in [0.1, 0.15) is 17.5 Å². The Balaban J connectivity index is 2.43. The van der Waals surface area contributed by atoms with Crippen molar-refractivity contribution in [1.82, 2.24) is 19.5 Å². The molecule has 25 heavy (non-hydrogen) atoms. The summed E-state index contributed by atoms with van der Waals surface area (Å²) < 4.78 is 6.80. The summed E-state index contributed by atoms with van der Waals surface area (Å²) in [4.78, 5) is 40.0. The Morgan fingerprint density at radius 3 is 2.48 bits per heavy atom. The number of esters is 1. The van der Waals surface area contributed by atoms with E-state index in [1.165, 1.54) is 11.7 Å². The number of carbonyl (C=O) groups is 1. The monoisotopic (exact) mass is 347 g/mol. The molecule has 0 aliphatic rings. The summed E-state index contributed by atoms with van der Waals surface area (Å²) in [5.74, 6) is -0.402. The summed E-state index contributed by atoms with van der Waals surface area (Å²) in [6, 6.07) is 7.67. The van der Waals surface area contributed by atoms with Crippen LogP contribution in [-0.2, 0) is 22.6 Å². The van der Waals surface area contributed by atoms with Gasteiger partial charge in [0.1, 0.15) is 0 Å². The highest BCUT2D eigenvalue weighted by atomic mass is 16.5. The Morgan fingerprint density at radius 2 is 1.88 bits per heavy atom. The van der Waals surface area contributed by atoms with Crippen molar-refractivity contribution < 1.29 is 9.53 Å². The lowest BCUT2D eigenvalue weighted by molar-refractivity contribution is -0.140. The molecule has 0 aliphatic carbocycles. The van der Waals surface area contributed by atoms with Gasteiger partial charge in [-0.05, 0) is 12.5 Å². The Morgan fingerprint density at radius 1 is 1.20 bits per heavy atom. The normalized spacial score (nSPS) is 10.5. The zero-order valence-electron chi connectivity index (χ0n) is 14.4. The van der Waals surface area contributed by atoms with Crippen LogP contribution in [0.5, 0.6) is 0 Å². The van der Waals surface area contributed by atoms with Crippen LogP contribution in [0.2, 0.25) is 0 Å². The van der Waals surface area contributed by atoms with Gasteiger partial charge >= 0.3 is 17.3 Å². The first kappa shape index (κ1) is 18.4. The lowest BCUT2D eigenvalue weighted by Gasteiger charge is -2.15. The molecule has 1 aromatic carbocycles. The maximum Gasteiger partial charge on any atom is 0.354 e. The number of aromatic nitrogens is 3. The summed E-state index contributed by atoms with van der Waals surface area (Å²) in [6.45, 7) is 2.11. The SMILES string of the molecule is CNNc1nc(=O)n(CCC(=O)OC)c(=O)n1Cc1ccc(C)cc1. The molecule has 0 atom stereocenters. The van der Waals surface area contributed by atoms with Gasteiger partial charge in [-0.25, -0.2) is 19.6 Å². The Labute approximate surface area is 144 Å². The maximum atomic E-state index is 12.7. The van der Waals surface area contributed by atoms with Crippen LogP contribution in [0.4, 0.5) is 5.95 Å². The molecule has 0 aliphatic heterocycles. The fourth-order valence-corrected chi connectivity index (χ4v) is 2.25. The van der Waals surface area contributed by atoms with Gasteiger partial charge in [0.25, 0.3) is 0 Å². The van der Waals surface area contributed by atoms with Gasteiger partial charge in [-0.15, -0.1) is 0 Å². The number of nitrogens with one attached hydrogen (secondary N) is 2. The van der Waals surface area contributed by atoms with E-state index in [1.54, 1.807) is 7.05 Å². The second-order valence-corrected chi connectivity index (χ2v) is 5.43. The van der Waals surface area contributed by atoms with Gasteiger partial charge in [-0.2, -0.15) is 4.98 Å². The molecule has 0 unspecified atom stereocenters. The van der Waals surface area contributed by atoms with Crippen molar-refractivity contribution in [1.29, 1.82) is 0 Å². The van der Waals surface area contributed by atoms with Crippen molar-refractivity contribution in [3.8, 4) is 0 Å². The van der Waals surface area contributed by atoms with Gasteiger partial charge < -0.3 is 4.74 Å². The van der Waals surface area contributed by atoms with Gasteiger partial charge in [0, 0.05) is 13.6 Å². The smallest absolute Gasteiger partial charge is 0.354 e. The van der Waals surface area contributed by atoms with Crippen LogP contribution in [0.25, 0.3) is 0 Å². The molecule has 0 radical (unpaired) electrons. The van der Waals surface area contributed by atoms with E-state index in [0.717, 1.165) is 15.7 Å². The number of methoxy groups -OCH3 is 1. The van der Waals surface area contributed by atoms with Crippen molar-refractivity contribution in [2.24, 2.45) is 0 Å². The number of carbonyl (C=O) groups excluding carboxylic acids is 1. The summed E-state index contributed by atoms with van der Waals surface area (Å²) >= 11 is 0. The molecule has 9 nitrogen and oxygen atoms in total. The van der Waals surface area contributed by atoms with Crippen LogP contribution in [0.3, 0.4) is 0 Å². The molecule has 0 fully saturated rings. The number of benzene rings is 1. The Hall–Kier alpha value is -2.94. The minimum Gasteiger partial charge on any atom is -0.469 e. The van der Waals surface area contributed by atoms with Crippen LogP contribution in [0, 0.1) is 6.92 Å². The summed E-state index contributed by atoms with van der Waals surface area (Å²) in [6.07, 6.45) is -0.0866. The van der Waals surface area contributed by atoms with E-state index in [1.807, 2.05) is 31.2 Å². The van der Waals surface area contributed by atoms with Crippen molar-refractivity contribution >= 4 is 11.9 Å². The first-order valence-corrected chi connectivity index (χ1v) is 7.73. The number of nitrogens with zero attached hydrogens (tertiary/aromatic N) is 3. The van der Waals surface area contributed by atoms with Crippen molar-refractivity contribution in [2.75, 3.05) is 19.6 Å². The lowest BCUT2D eigenvalue weighted by Crippen LogP contribution is -2.44. The Bertz CT molecular complexity index is 854. The lowest BCUT2D eigenvalue weighted by atomic mass is 10.1. The summed E-state index contributed by atoms with van der Waals surface area (Å²) in [5.41, 5.74) is 6.05. The van der Waals surface area contributed by atoms with Gasteiger partial charge in [0.05, 0.1) is 20.1 Å². The molecule has 9 heteroatoms. The minimum atomic E-state index is -0.730. The van der Waals surface area contributed by atoms with Gasteiger partial charge in [-0.1, -0.05) is 29.8 Å². The van der Waals surface area contributed by atoms with E-state index < -0.39 is 17.3 Å². The largest absolute Gasteiger partial charge is 0.469 e. The third kappa shape index (κ3) is 4.54. The quantitative estimate of drug-likeness (QED) is 0.531. The average molecular weight is 347 g/mol. The van der Waals surface area contributed by atoms with E-state index in [4.69, 9.17) is 0 Å². The fraction of sp³-hybridized carbons (Fsp3) is 0.375. The molecular formula is C16H21N5O4. The van der Waals surface area contributed by atoms with Crippen LogP contribution >= 0.6 is 0 Å². The number of hydrogen-bond acceptors (Lipinski definition) is 7. The molecule has 1 aromatic heterocycles. The molecule has 0 bridgehead atoms. The molecule has 0 spiro atoms. The third-order valence-electron chi connectivity index (χ3n) is 3.62. The number of ether oxygens (including phenoxy) is 1. The fourth-order valence-electron chi connectivity index (χ4n) is 2.25. The summed E-state index contributed by atoms with van der Waals surface area (Å²) in [7, 11) is 2.85. The first-order valence-electron chi connectivity index (χ1n) is 7.73. The number of anilines is 1. The highest BCUT2D eigenvalue weighted by molar-refractivity contribution is 5.68. The number of hydrogen-bond donors (Lipinski definition) is 2. The zero-order chi connectivity index (χ0) is 18.4. The van der Waals surface area contributed by atoms with Crippen molar-refractivity contribution in [3.63, 3.8) is 0 Å². The topological polar surface area (TPSA) is 107 Å². The van der Waals surface area contributed by atoms with E-state index in [9.17, 15) is 14.4 Å². The van der Waals surface area contributed by atoms with Crippen molar-refractivity contribution in [3.05, 3.63) is 56.4 Å². The van der Waals surface area contributed by atoms with Gasteiger partial charge in [-0.3, -0.25) is 14.8 Å². The van der Waals surface area contributed by atoms with E-state index in [2.05, 4.69) is 20.6 Å². The van der Waals surface area contributed by atoms with E-state index in [0.29, 0.717) is 0 Å². The predicted molar refractivity (Wildman–Crippen MR) is 92.4 cm³/mol. The van der Waals surface area contributed by atoms with Crippen LogP contribution < -0.4 is 22.2 Å². The summed E-state index contributed by atoms with van der Waals surface area (Å²) in [5, 5.41) is 0. The van der Waals surface area contributed by atoms with Gasteiger partial charge in [0.2, 0.25) is 5.95 Å². The van der Waals surface area contributed by atoms with E-state index in [-0.39, 0.29) is 25.5 Å². The molecule has 2 rings (SSSR count). The van der Waals surface area contributed by atoms with Crippen LogP contribution in [-0.4, -0.2) is 34.2 Å². The molecule has 0 amide bonds. The number of aryl methyl sites for hydroxylation is 1. The van der Waals surface area contributed by atoms with Crippen molar-refractivity contribution in [2.45, 2.75) is 26.4 Å². The average Bonchev–Trinajstić information content (AvgIpc) is 2.59. The molecule has 2 N–H and O–H groups in total. The maximum absolute atomic E-state index is 12.7. The van der Waals surface area contributed by atoms with Gasteiger partial charge in [0.15, 0.2) is 0 Å². The molecule has 1 heterocycles. The number of rotatable bonds is 7. The molecule has 0 saturated heterocycles. The van der Waals surface area contributed by atoms with Crippen LogP contribution in [0.15, 0.2) is 33.9 Å². The second-order valence-electron chi connectivity index (χ2n) is 5.43. The zero-order valence-corrected chi connectivity index (χ0v) is 14.4. The van der Waals surface area contributed by atoms with E-state index >= 15 is 0 Å². The first-order chi connectivity index (χ1) is 12.0.